The van der Waals surface area contributed by atoms with Crippen molar-refractivity contribution < 1.29 is 0 Å². The lowest BCUT2D eigenvalue weighted by molar-refractivity contribution is 0.866. The first-order chi connectivity index (χ1) is 10.8. The van der Waals surface area contributed by atoms with E-state index in [2.05, 4.69) is 47.2 Å². The molecule has 22 heavy (non-hydrogen) atoms. The molecule has 0 aliphatic heterocycles. The van der Waals surface area contributed by atoms with Crippen molar-refractivity contribution in [3.8, 4) is 0 Å². The molecule has 0 aliphatic rings. The van der Waals surface area contributed by atoms with Crippen LogP contribution in [0.5, 0.6) is 0 Å². The van der Waals surface area contributed by atoms with E-state index in [0.717, 1.165) is 24.5 Å². The number of hydrogen-bond donors (Lipinski definition) is 0. The van der Waals surface area contributed by atoms with Crippen molar-refractivity contribution in [1.82, 2.24) is 0 Å². The van der Waals surface area contributed by atoms with Gasteiger partial charge in [-0.15, -0.1) is 0 Å². The third kappa shape index (κ3) is 4.29. The van der Waals surface area contributed by atoms with Gasteiger partial charge < -0.3 is 4.90 Å². The molecule has 0 bridgehead atoms. The van der Waals surface area contributed by atoms with Crippen LogP contribution in [0.25, 0.3) is 6.08 Å². The first-order valence-corrected chi connectivity index (χ1v) is 7.76. The molecular weight excluding hydrogens is 270 g/mol. The number of benzene rings is 2. The van der Waals surface area contributed by atoms with Crippen molar-refractivity contribution in [2.24, 2.45) is 10.2 Å². The van der Waals surface area contributed by atoms with E-state index in [0.29, 0.717) is 0 Å². The summed E-state index contributed by atoms with van der Waals surface area (Å²) in [5.74, 6) is 0. The summed E-state index contributed by atoms with van der Waals surface area (Å²) in [6, 6.07) is 16.2. The number of anilines is 1. The van der Waals surface area contributed by atoms with Gasteiger partial charge in [0.1, 0.15) is 0 Å². The molecule has 0 amide bonds. The van der Waals surface area contributed by atoms with Gasteiger partial charge in [-0.05, 0) is 62.7 Å². The molecule has 2 aromatic rings. The van der Waals surface area contributed by atoms with Crippen LogP contribution in [0.2, 0.25) is 0 Å². The molecule has 0 aromatic heterocycles. The monoisotopic (exact) mass is 293 g/mol. The molecule has 0 aliphatic carbocycles. The number of azo groups is 1. The molecular formula is C19H23N3. The van der Waals surface area contributed by atoms with Gasteiger partial charge in [0.2, 0.25) is 0 Å². The van der Waals surface area contributed by atoms with Crippen LogP contribution in [0.4, 0.5) is 17.1 Å². The average Bonchev–Trinajstić information content (AvgIpc) is 2.57. The molecule has 2 aromatic carbocycles. The van der Waals surface area contributed by atoms with Gasteiger partial charge in [-0.25, -0.2) is 0 Å². The van der Waals surface area contributed by atoms with E-state index in [1.54, 1.807) is 0 Å². The molecule has 3 nitrogen and oxygen atoms in total. The largest absolute Gasteiger partial charge is 0.372 e. The smallest absolute Gasteiger partial charge is 0.0858 e. The van der Waals surface area contributed by atoms with Gasteiger partial charge in [0.15, 0.2) is 0 Å². The summed E-state index contributed by atoms with van der Waals surface area (Å²) in [7, 11) is 0. The Hall–Kier alpha value is -2.42. The fourth-order valence-electron chi connectivity index (χ4n) is 2.28. The van der Waals surface area contributed by atoms with Gasteiger partial charge in [-0.2, -0.15) is 10.2 Å². The molecule has 114 valence electrons. The van der Waals surface area contributed by atoms with Gasteiger partial charge in [-0.1, -0.05) is 24.3 Å². The number of nitrogens with zero attached hydrogens (tertiary/aromatic N) is 3. The Morgan fingerprint density at radius 3 is 1.77 bits per heavy atom. The van der Waals surface area contributed by atoms with Crippen LogP contribution < -0.4 is 4.90 Å². The molecule has 2 rings (SSSR count). The van der Waals surface area contributed by atoms with Crippen LogP contribution in [0.3, 0.4) is 0 Å². The van der Waals surface area contributed by atoms with E-state index < -0.39 is 0 Å². The van der Waals surface area contributed by atoms with Crippen molar-refractivity contribution in [3.63, 3.8) is 0 Å². The average molecular weight is 293 g/mol. The lowest BCUT2D eigenvalue weighted by Gasteiger charge is -2.20. The van der Waals surface area contributed by atoms with Gasteiger partial charge >= 0.3 is 0 Å². The summed E-state index contributed by atoms with van der Waals surface area (Å²) < 4.78 is 0. The van der Waals surface area contributed by atoms with E-state index in [1.807, 2.05) is 49.4 Å². The second-order valence-electron chi connectivity index (χ2n) is 4.98. The predicted molar refractivity (Wildman–Crippen MR) is 95.3 cm³/mol. The Morgan fingerprint density at radius 2 is 1.32 bits per heavy atom. The topological polar surface area (TPSA) is 28.0 Å². The minimum absolute atomic E-state index is 0.862. The Labute approximate surface area is 133 Å². The molecule has 0 fully saturated rings. The maximum Gasteiger partial charge on any atom is 0.0858 e. The summed E-state index contributed by atoms with van der Waals surface area (Å²) >= 11 is 0. The molecule has 0 spiro atoms. The first kappa shape index (κ1) is 16.0. The number of hydrogen-bond acceptors (Lipinski definition) is 3. The van der Waals surface area contributed by atoms with Crippen molar-refractivity contribution in [1.29, 1.82) is 0 Å². The highest BCUT2D eigenvalue weighted by Gasteiger charge is 2.00. The van der Waals surface area contributed by atoms with Crippen LogP contribution >= 0.6 is 0 Å². The SMILES string of the molecule is C/C=C\c1ccc(N=Nc2ccc(N(CC)CC)cc2)cc1. The van der Waals surface area contributed by atoms with Gasteiger partial charge in [0.05, 0.1) is 11.4 Å². The van der Waals surface area contributed by atoms with Gasteiger partial charge in [0, 0.05) is 18.8 Å². The molecule has 0 N–H and O–H groups in total. The zero-order valence-corrected chi connectivity index (χ0v) is 13.5. The first-order valence-electron chi connectivity index (χ1n) is 7.76. The van der Waals surface area contributed by atoms with E-state index >= 15 is 0 Å². The zero-order valence-electron chi connectivity index (χ0n) is 13.5. The van der Waals surface area contributed by atoms with Crippen molar-refractivity contribution in [2.75, 3.05) is 18.0 Å². The van der Waals surface area contributed by atoms with E-state index in [1.165, 1.54) is 11.3 Å². The van der Waals surface area contributed by atoms with Crippen LogP contribution in [-0.2, 0) is 0 Å². The highest BCUT2D eigenvalue weighted by molar-refractivity contribution is 5.54. The van der Waals surface area contributed by atoms with Crippen LogP contribution in [0, 0.1) is 0 Å². The number of rotatable bonds is 6. The molecule has 0 radical (unpaired) electrons. The second kappa shape index (κ2) is 8.13. The fourth-order valence-corrected chi connectivity index (χ4v) is 2.28. The molecule has 0 saturated carbocycles. The lowest BCUT2D eigenvalue weighted by atomic mass is 10.2. The Balaban J connectivity index is 2.06. The van der Waals surface area contributed by atoms with Crippen LogP contribution in [0.1, 0.15) is 26.3 Å². The highest BCUT2D eigenvalue weighted by atomic mass is 15.1. The van der Waals surface area contributed by atoms with Gasteiger partial charge in [0.25, 0.3) is 0 Å². The fraction of sp³-hybridized carbons (Fsp3) is 0.263. The quantitative estimate of drug-likeness (QED) is 0.602. The molecule has 0 atom stereocenters. The number of allylic oxidation sites excluding steroid dienone is 1. The third-order valence-electron chi connectivity index (χ3n) is 3.51. The lowest BCUT2D eigenvalue weighted by Crippen LogP contribution is -2.21. The predicted octanol–water partition coefficient (Wildman–Crippen LogP) is 5.98. The van der Waals surface area contributed by atoms with E-state index in [9.17, 15) is 0 Å². The van der Waals surface area contributed by atoms with Gasteiger partial charge in [-0.3, -0.25) is 0 Å². The van der Waals surface area contributed by atoms with Crippen molar-refractivity contribution in [3.05, 3.63) is 60.2 Å². The van der Waals surface area contributed by atoms with Crippen molar-refractivity contribution >= 4 is 23.1 Å². The molecule has 3 heteroatoms. The standard InChI is InChI=1S/C19H23N3/c1-4-7-16-8-10-17(11-9-16)20-21-18-12-14-19(15-13-18)22(5-2)6-3/h4,7-15H,5-6H2,1-3H3/b7-4-,21-20?. The normalized spacial score (nSPS) is 11.4. The van der Waals surface area contributed by atoms with E-state index in [4.69, 9.17) is 0 Å². The maximum atomic E-state index is 4.29. The van der Waals surface area contributed by atoms with Crippen molar-refractivity contribution in [2.45, 2.75) is 20.8 Å². The second-order valence-corrected chi connectivity index (χ2v) is 4.98. The summed E-state index contributed by atoms with van der Waals surface area (Å²) in [4.78, 5) is 2.31. The summed E-state index contributed by atoms with van der Waals surface area (Å²) in [6.07, 6.45) is 4.08. The minimum atomic E-state index is 0.862. The van der Waals surface area contributed by atoms with Crippen LogP contribution in [0.15, 0.2) is 64.8 Å². The van der Waals surface area contributed by atoms with E-state index in [-0.39, 0.29) is 0 Å². The summed E-state index contributed by atoms with van der Waals surface area (Å²) in [5, 5.41) is 8.57. The zero-order chi connectivity index (χ0) is 15.8. The summed E-state index contributed by atoms with van der Waals surface area (Å²) in [5.41, 5.74) is 4.12. The Morgan fingerprint density at radius 1 is 0.818 bits per heavy atom. The molecule has 0 heterocycles. The molecule has 0 saturated heterocycles. The Bertz CT molecular complexity index is 621. The van der Waals surface area contributed by atoms with Crippen LogP contribution in [-0.4, -0.2) is 13.1 Å². The maximum absolute atomic E-state index is 4.29. The minimum Gasteiger partial charge on any atom is -0.372 e. The highest BCUT2D eigenvalue weighted by Crippen LogP contribution is 2.22. The third-order valence-corrected chi connectivity index (χ3v) is 3.51. The Kier molecular flexibility index (Phi) is 5.90. The summed E-state index contributed by atoms with van der Waals surface area (Å²) in [6.45, 7) is 8.35. The molecule has 0 unspecified atom stereocenters.